The Balaban J connectivity index is 1.92. The van der Waals surface area contributed by atoms with E-state index in [9.17, 15) is 0 Å². The zero-order valence-corrected chi connectivity index (χ0v) is 9.37. The summed E-state index contributed by atoms with van der Waals surface area (Å²) in [6.07, 6.45) is 7.32. The Labute approximate surface area is 94.1 Å². The van der Waals surface area contributed by atoms with E-state index in [1.165, 1.54) is 0 Å². The van der Waals surface area contributed by atoms with Gasteiger partial charge in [0.2, 0.25) is 0 Å². The van der Waals surface area contributed by atoms with Crippen LogP contribution < -0.4 is 5.73 Å². The summed E-state index contributed by atoms with van der Waals surface area (Å²) in [5.74, 6) is 1.05. The molecule has 0 unspecified atom stereocenters. The standard InChI is InChI=1S/C10H16N6/c1-15-7-5-12-10(15)3-6-16-8-9(2-4-11)13-14-16/h5,7-8H,2-4,6,11H2,1H3. The molecule has 16 heavy (non-hydrogen) atoms. The van der Waals surface area contributed by atoms with Gasteiger partial charge in [0.1, 0.15) is 5.82 Å². The average Bonchev–Trinajstić information content (AvgIpc) is 2.86. The number of rotatable bonds is 5. The summed E-state index contributed by atoms with van der Waals surface area (Å²) in [6.45, 7) is 1.40. The largest absolute Gasteiger partial charge is 0.338 e. The molecule has 0 aromatic carbocycles. The lowest BCUT2D eigenvalue weighted by molar-refractivity contribution is 0.569. The number of nitrogens with two attached hydrogens (primary N) is 1. The van der Waals surface area contributed by atoms with Gasteiger partial charge in [0.15, 0.2) is 0 Å². The minimum atomic E-state index is 0.609. The number of nitrogens with zero attached hydrogens (tertiary/aromatic N) is 5. The molecule has 86 valence electrons. The second kappa shape index (κ2) is 4.89. The molecule has 0 saturated carbocycles. The van der Waals surface area contributed by atoms with Crippen molar-refractivity contribution >= 4 is 0 Å². The summed E-state index contributed by atoms with van der Waals surface area (Å²) in [5, 5.41) is 8.07. The van der Waals surface area contributed by atoms with Crippen molar-refractivity contribution in [2.75, 3.05) is 6.54 Å². The van der Waals surface area contributed by atoms with Crippen molar-refractivity contribution in [1.29, 1.82) is 0 Å². The van der Waals surface area contributed by atoms with Gasteiger partial charge in [0.25, 0.3) is 0 Å². The summed E-state index contributed by atoms with van der Waals surface area (Å²) in [4.78, 5) is 4.26. The summed E-state index contributed by atoms with van der Waals surface area (Å²) >= 11 is 0. The monoisotopic (exact) mass is 220 g/mol. The zero-order chi connectivity index (χ0) is 11.4. The Bertz CT molecular complexity index is 444. The maximum atomic E-state index is 5.45. The highest BCUT2D eigenvalue weighted by atomic mass is 15.4. The maximum Gasteiger partial charge on any atom is 0.110 e. The van der Waals surface area contributed by atoms with Crippen LogP contribution in [0.15, 0.2) is 18.6 Å². The number of aromatic nitrogens is 5. The number of hydrogen-bond acceptors (Lipinski definition) is 4. The van der Waals surface area contributed by atoms with Crippen LogP contribution in [0.4, 0.5) is 0 Å². The molecule has 0 aliphatic carbocycles. The summed E-state index contributed by atoms with van der Waals surface area (Å²) in [6, 6.07) is 0. The van der Waals surface area contributed by atoms with E-state index in [1.807, 2.05) is 28.7 Å². The second-order valence-corrected chi connectivity index (χ2v) is 3.72. The summed E-state index contributed by atoms with van der Waals surface area (Å²) < 4.78 is 3.84. The second-order valence-electron chi connectivity index (χ2n) is 3.72. The molecule has 0 atom stereocenters. The van der Waals surface area contributed by atoms with E-state index in [0.717, 1.165) is 30.9 Å². The summed E-state index contributed by atoms with van der Waals surface area (Å²) in [5.41, 5.74) is 6.40. The van der Waals surface area contributed by atoms with Crippen LogP contribution in [0.5, 0.6) is 0 Å². The number of imidazole rings is 1. The van der Waals surface area contributed by atoms with Crippen molar-refractivity contribution in [3.63, 3.8) is 0 Å². The topological polar surface area (TPSA) is 74.5 Å². The molecule has 0 aliphatic heterocycles. The first-order chi connectivity index (χ1) is 7.79. The molecule has 6 nitrogen and oxygen atoms in total. The van der Waals surface area contributed by atoms with Crippen molar-refractivity contribution in [3.8, 4) is 0 Å². The molecule has 0 radical (unpaired) electrons. The lowest BCUT2D eigenvalue weighted by atomic mass is 10.3. The minimum absolute atomic E-state index is 0.609. The van der Waals surface area contributed by atoms with Crippen LogP contribution in [0.2, 0.25) is 0 Å². The van der Waals surface area contributed by atoms with Gasteiger partial charge in [-0.15, -0.1) is 5.10 Å². The predicted octanol–water partition coefficient (Wildman–Crippen LogP) is -0.245. The lowest BCUT2D eigenvalue weighted by Crippen LogP contribution is -2.06. The van der Waals surface area contributed by atoms with Crippen LogP contribution in [0.25, 0.3) is 0 Å². The van der Waals surface area contributed by atoms with Gasteiger partial charge in [0, 0.05) is 45.0 Å². The third-order valence-corrected chi connectivity index (χ3v) is 2.47. The molecule has 2 N–H and O–H groups in total. The first-order valence-corrected chi connectivity index (χ1v) is 5.35. The Morgan fingerprint density at radius 1 is 1.38 bits per heavy atom. The quantitative estimate of drug-likeness (QED) is 0.754. The molecule has 0 spiro atoms. The molecule has 0 saturated heterocycles. The molecule has 6 heteroatoms. The van der Waals surface area contributed by atoms with E-state index in [2.05, 4.69) is 15.3 Å². The Morgan fingerprint density at radius 2 is 2.25 bits per heavy atom. The molecular formula is C10H16N6. The van der Waals surface area contributed by atoms with Gasteiger partial charge in [-0.1, -0.05) is 5.21 Å². The van der Waals surface area contributed by atoms with Crippen LogP contribution >= 0.6 is 0 Å². The third-order valence-electron chi connectivity index (χ3n) is 2.47. The highest BCUT2D eigenvalue weighted by Gasteiger charge is 2.02. The van der Waals surface area contributed by atoms with Gasteiger partial charge in [-0.25, -0.2) is 4.98 Å². The molecule has 2 rings (SSSR count). The van der Waals surface area contributed by atoms with E-state index in [4.69, 9.17) is 5.73 Å². The smallest absolute Gasteiger partial charge is 0.110 e. The van der Waals surface area contributed by atoms with Crippen molar-refractivity contribution < 1.29 is 0 Å². The van der Waals surface area contributed by atoms with Gasteiger partial charge >= 0.3 is 0 Å². The van der Waals surface area contributed by atoms with Crippen LogP contribution in [-0.4, -0.2) is 31.1 Å². The Morgan fingerprint density at radius 3 is 2.94 bits per heavy atom. The molecule has 2 aromatic rings. The first-order valence-electron chi connectivity index (χ1n) is 5.35. The Hall–Kier alpha value is -1.69. The van der Waals surface area contributed by atoms with E-state index in [1.54, 1.807) is 6.20 Å². The van der Waals surface area contributed by atoms with Crippen molar-refractivity contribution in [1.82, 2.24) is 24.5 Å². The van der Waals surface area contributed by atoms with Gasteiger partial charge in [-0.3, -0.25) is 4.68 Å². The molecular weight excluding hydrogens is 204 g/mol. The molecule has 2 aromatic heterocycles. The highest BCUT2D eigenvalue weighted by Crippen LogP contribution is 1.99. The number of hydrogen-bond donors (Lipinski definition) is 1. The predicted molar refractivity (Wildman–Crippen MR) is 59.7 cm³/mol. The minimum Gasteiger partial charge on any atom is -0.338 e. The van der Waals surface area contributed by atoms with Crippen molar-refractivity contribution in [3.05, 3.63) is 30.1 Å². The SMILES string of the molecule is Cn1ccnc1CCn1cc(CCN)nn1. The zero-order valence-electron chi connectivity index (χ0n) is 9.37. The van der Waals surface area contributed by atoms with Gasteiger partial charge in [0.05, 0.1) is 5.69 Å². The van der Waals surface area contributed by atoms with E-state index < -0.39 is 0 Å². The van der Waals surface area contributed by atoms with Crippen molar-refractivity contribution in [2.24, 2.45) is 12.8 Å². The first kappa shape index (κ1) is 10.8. The van der Waals surface area contributed by atoms with Gasteiger partial charge in [-0.05, 0) is 6.54 Å². The Kier molecular flexibility index (Phi) is 3.31. The van der Waals surface area contributed by atoms with Gasteiger partial charge in [-0.2, -0.15) is 0 Å². The highest BCUT2D eigenvalue weighted by molar-refractivity contribution is 4.94. The fraction of sp³-hybridized carbons (Fsp3) is 0.500. The maximum absolute atomic E-state index is 5.45. The van der Waals surface area contributed by atoms with Crippen LogP contribution in [0.1, 0.15) is 11.5 Å². The molecule has 0 aliphatic rings. The van der Waals surface area contributed by atoms with Crippen LogP contribution in [-0.2, 0) is 26.4 Å². The molecule has 2 heterocycles. The van der Waals surface area contributed by atoms with Crippen LogP contribution in [0, 0.1) is 0 Å². The van der Waals surface area contributed by atoms with Gasteiger partial charge < -0.3 is 10.3 Å². The normalized spacial score (nSPS) is 10.9. The van der Waals surface area contributed by atoms with Crippen LogP contribution in [0.3, 0.4) is 0 Å². The van der Waals surface area contributed by atoms with E-state index in [0.29, 0.717) is 6.54 Å². The lowest BCUT2D eigenvalue weighted by Gasteiger charge is -2.00. The fourth-order valence-electron chi connectivity index (χ4n) is 1.56. The molecule has 0 fully saturated rings. The number of aryl methyl sites for hydroxylation is 3. The summed E-state index contributed by atoms with van der Waals surface area (Å²) in [7, 11) is 1.99. The fourth-order valence-corrected chi connectivity index (χ4v) is 1.56. The molecule has 0 bridgehead atoms. The average molecular weight is 220 g/mol. The molecule has 0 amide bonds. The third kappa shape index (κ3) is 2.46. The van der Waals surface area contributed by atoms with E-state index in [-0.39, 0.29) is 0 Å². The van der Waals surface area contributed by atoms with Crippen molar-refractivity contribution in [2.45, 2.75) is 19.4 Å². The van der Waals surface area contributed by atoms with E-state index >= 15 is 0 Å².